The molecule has 0 aromatic heterocycles. The van der Waals surface area contributed by atoms with Crippen molar-refractivity contribution in [2.75, 3.05) is 20.2 Å². The molecule has 1 saturated heterocycles. The Morgan fingerprint density at radius 3 is 2.70 bits per heavy atom. The Morgan fingerprint density at radius 2 is 1.94 bits per heavy atom. The summed E-state index contributed by atoms with van der Waals surface area (Å²) in [6.45, 7) is -0.00981. The van der Waals surface area contributed by atoms with Crippen LogP contribution < -0.4 is 15.5 Å². The first-order valence-corrected chi connectivity index (χ1v) is 10.3. The molecule has 33 heavy (non-hydrogen) atoms. The molecular weight excluding hydrogens is 428 g/mol. The molecule has 2 heterocycles. The largest absolute Gasteiger partial charge is 0.507 e. The zero-order valence-corrected chi connectivity index (χ0v) is 17.8. The highest BCUT2D eigenvalue weighted by molar-refractivity contribution is 6.03. The molecule has 2 aliphatic heterocycles. The fourth-order valence-corrected chi connectivity index (χ4v) is 3.56. The Labute approximate surface area is 190 Å². The van der Waals surface area contributed by atoms with Crippen molar-refractivity contribution >= 4 is 24.1 Å². The summed E-state index contributed by atoms with van der Waals surface area (Å²) in [6, 6.07) is 14.3. The zero-order chi connectivity index (χ0) is 23.4. The standard InChI is InChI=1S/C22H24N6O5/c1-27-19-18(20(31)25-22(27)32)28(12-15(29)13-33-16-8-3-2-4-9-16)21(24-19)26-23-11-14-7-5-6-10-17(14)30/h2-11,15,18-19,29-30H,12-13H2,1H3,(H,24,26)(H,25,31,32)/b23-11+. The lowest BCUT2D eigenvalue weighted by Gasteiger charge is -2.36. The predicted molar refractivity (Wildman–Crippen MR) is 120 cm³/mol. The molecule has 3 unspecified atom stereocenters. The van der Waals surface area contributed by atoms with Gasteiger partial charge in [-0.2, -0.15) is 5.10 Å². The van der Waals surface area contributed by atoms with Gasteiger partial charge < -0.3 is 24.7 Å². The summed E-state index contributed by atoms with van der Waals surface area (Å²) in [5, 5.41) is 26.9. The first-order chi connectivity index (χ1) is 15.9. The Kier molecular flexibility index (Phi) is 6.41. The number of β-amino-alcohol motifs (C(OH)–C–C–N with tert-alkyl or cyclic N) is 1. The number of nitrogens with zero attached hydrogens (tertiary/aromatic N) is 4. The van der Waals surface area contributed by atoms with Gasteiger partial charge in [0, 0.05) is 12.6 Å². The first-order valence-electron chi connectivity index (χ1n) is 10.3. The number of aromatic hydroxyl groups is 1. The number of aliphatic hydroxyl groups excluding tert-OH is 1. The maximum atomic E-state index is 12.6. The molecule has 3 atom stereocenters. The molecule has 11 heteroatoms. The van der Waals surface area contributed by atoms with Crippen molar-refractivity contribution in [1.82, 2.24) is 20.5 Å². The van der Waals surface area contributed by atoms with Crippen LogP contribution in [0.25, 0.3) is 0 Å². The van der Waals surface area contributed by atoms with Crippen LogP contribution in [0, 0.1) is 0 Å². The lowest BCUT2D eigenvalue weighted by molar-refractivity contribution is -0.127. The quantitative estimate of drug-likeness (QED) is 0.350. The molecule has 0 aliphatic carbocycles. The lowest BCUT2D eigenvalue weighted by atomic mass is 10.1. The van der Waals surface area contributed by atoms with Crippen LogP contribution in [0.5, 0.6) is 11.5 Å². The molecule has 0 bridgehead atoms. The van der Waals surface area contributed by atoms with E-state index in [0.717, 1.165) is 0 Å². The van der Waals surface area contributed by atoms with Crippen molar-refractivity contribution in [1.29, 1.82) is 0 Å². The summed E-state index contributed by atoms with van der Waals surface area (Å²) in [5.41, 5.74) is 3.24. The third-order valence-electron chi connectivity index (χ3n) is 5.26. The number of phenols is 1. The van der Waals surface area contributed by atoms with Crippen LogP contribution in [-0.2, 0) is 4.79 Å². The van der Waals surface area contributed by atoms with Crippen molar-refractivity contribution in [3.8, 4) is 11.5 Å². The highest BCUT2D eigenvalue weighted by atomic mass is 16.5. The van der Waals surface area contributed by atoms with Gasteiger partial charge in [-0.25, -0.2) is 15.2 Å². The summed E-state index contributed by atoms with van der Waals surface area (Å²) in [5.74, 6) is 0.340. The number of urea groups is 1. The molecule has 0 radical (unpaired) electrons. The van der Waals surface area contributed by atoms with Crippen molar-refractivity contribution in [2.45, 2.75) is 18.3 Å². The number of hydrogen-bond donors (Lipinski definition) is 4. The van der Waals surface area contributed by atoms with Gasteiger partial charge in [0.25, 0.3) is 5.91 Å². The summed E-state index contributed by atoms with van der Waals surface area (Å²) >= 11 is 0. The van der Waals surface area contributed by atoms with Crippen LogP contribution in [0.3, 0.4) is 0 Å². The average Bonchev–Trinajstić information content (AvgIpc) is 3.17. The Morgan fingerprint density at radius 1 is 1.21 bits per heavy atom. The number of amides is 3. The monoisotopic (exact) mass is 452 g/mol. The lowest BCUT2D eigenvalue weighted by Crippen LogP contribution is -2.64. The second-order valence-corrected chi connectivity index (χ2v) is 7.58. The minimum absolute atomic E-state index is 0.00138. The summed E-state index contributed by atoms with van der Waals surface area (Å²) in [7, 11) is 1.53. The number of phenolic OH excluding ortho intramolecular Hbond substituents is 1. The third-order valence-corrected chi connectivity index (χ3v) is 5.26. The summed E-state index contributed by atoms with van der Waals surface area (Å²) in [6.07, 6.45) is -0.341. The maximum absolute atomic E-state index is 12.6. The van der Waals surface area contributed by atoms with Gasteiger partial charge in [0.05, 0.1) is 12.8 Å². The number of likely N-dealkylation sites (N-methyl/N-ethyl adjacent to an activating group) is 1. The molecular formula is C22H24N6O5. The molecule has 11 nitrogen and oxygen atoms in total. The number of aliphatic hydroxyl groups is 1. The number of fused-ring (bicyclic) bond motifs is 1. The van der Waals surface area contributed by atoms with E-state index >= 15 is 0 Å². The third kappa shape index (κ3) is 4.88. The van der Waals surface area contributed by atoms with Gasteiger partial charge in [-0.1, -0.05) is 30.3 Å². The number of carbonyl (C=O) groups is 2. The smallest absolute Gasteiger partial charge is 0.325 e. The van der Waals surface area contributed by atoms with E-state index in [1.54, 1.807) is 35.2 Å². The Hall–Kier alpha value is -4.12. The molecule has 4 rings (SSSR count). The van der Waals surface area contributed by atoms with Crippen LogP contribution in [0.2, 0.25) is 0 Å². The second-order valence-electron chi connectivity index (χ2n) is 7.58. The van der Waals surface area contributed by atoms with E-state index in [2.05, 4.69) is 20.8 Å². The highest BCUT2D eigenvalue weighted by Gasteiger charge is 2.49. The molecule has 0 spiro atoms. The number of guanidine groups is 1. The van der Waals surface area contributed by atoms with Crippen molar-refractivity contribution in [3.63, 3.8) is 0 Å². The minimum atomic E-state index is -0.964. The van der Waals surface area contributed by atoms with Gasteiger partial charge in [0.1, 0.15) is 24.2 Å². The molecule has 3 amide bonds. The predicted octanol–water partition coefficient (Wildman–Crippen LogP) is 0.304. The Balaban J connectivity index is 1.49. The van der Waals surface area contributed by atoms with Gasteiger partial charge >= 0.3 is 6.03 Å². The number of carbonyl (C=O) groups excluding carboxylic acids is 2. The molecule has 172 valence electrons. The second kappa shape index (κ2) is 9.57. The van der Waals surface area contributed by atoms with Crippen molar-refractivity contribution in [3.05, 3.63) is 60.2 Å². The minimum Gasteiger partial charge on any atom is -0.507 e. The molecule has 2 aromatic carbocycles. The topological polar surface area (TPSA) is 139 Å². The number of imide groups is 1. The summed E-state index contributed by atoms with van der Waals surface area (Å²) in [4.78, 5) is 31.9. The maximum Gasteiger partial charge on any atom is 0.325 e. The van der Waals surface area contributed by atoms with Crippen molar-refractivity contribution < 1.29 is 24.5 Å². The van der Waals surface area contributed by atoms with Crippen LogP contribution in [0.1, 0.15) is 5.56 Å². The van der Waals surface area contributed by atoms with Crippen LogP contribution in [-0.4, -0.2) is 82.6 Å². The number of benzene rings is 2. The Bertz CT molecular complexity index is 1080. The first kappa shape index (κ1) is 22.1. The summed E-state index contributed by atoms with van der Waals surface area (Å²) < 4.78 is 5.61. The van der Waals surface area contributed by atoms with E-state index in [1.807, 2.05) is 18.2 Å². The normalized spacial score (nSPS) is 21.0. The number of ether oxygens (including phenoxy) is 1. The van der Waals surface area contributed by atoms with E-state index in [-0.39, 0.29) is 24.9 Å². The van der Waals surface area contributed by atoms with Gasteiger partial charge in [0.2, 0.25) is 5.96 Å². The van der Waals surface area contributed by atoms with Crippen LogP contribution >= 0.6 is 0 Å². The van der Waals surface area contributed by atoms with Gasteiger partial charge in [0.15, 0.2) is 12.2 Å². The van der Waals surface area contributed by atoms with Crippen molar-refractivity contribution in [2.24, 2.45) is 10.1 Å². The van der Waals surface area contributed by atoms with E-state index in [9.17, 15) is 19.8 Å². The van der Waals surface area contributed by atoms with Gasteiger partial charge in [-0.05, 0) is 24.3 Å². The van der Waals surface area contributed by atoms with E-state index in [1.165, 1.54) is 24.2 Å². The van der Waals surface area contributed by atoms with Gasteiger partial charge in [-0.15, -0.1) is 0 Å². The number of hydrogen-bond acceptors (Lipinski definition) is 9. The molecule has 2 aliphatic rings. The molecule has 2 aromatic rings. The van der Waals surface area contributed by atoms with Crippen LogP contribution in [0.15, 0.2) is 64.7 Å². The van der Waals surface area contributed by atoms with Gasteiger partial charge in [-0.3, -0.25) is 10.1 Å². The average molecular weight is 452 g/mol. The zero-order valence-electron chi connectivity index (χ0n) is 17.8. The number of rotatable bonds is 7. The number of nitrogens with one attached hydrogen (secondary N) is 2. The SMILES string of the molecule is CN1C(=O)NC(=O)C2C1N=C(N/N=C/c1ccccc1O)N2CC(O)COc1ccccc1. The van der Waals surface area contributed by atoms with E-state index in [0.29, 0.717) is 11.3 Å². The highest BCUT2D eigenvalue weighted by Crippen LogP contribution is 2.24. The fourth-order valence-electron chi connectivity index (χ4n) is 3.56. The number of para-hydroxylation sites is 2. The number of hydrazone groups is 1. The van der Waals surface area contributed by atoms with E-state index in [4.69, 9.17) is 4.74 Å². The molecule has 1 fully saturated rings. The fraction of sp³-hybridized carbons (Fsp3) is 0.273. The van der Waals surface area contributed by atoms with E-state index < -0.39 is 30.2 Å². The molecule has 4 N–H and O–H groups in total. The number of aliphatic imine (C=N–C) groups is 1. The molecule has 0 saturated carbocycles. The van der Waals surface area contributed by atoms with Crippen LogP contribution in [0.4, 0.5) is 4.79 Å².